The van der Waals surface area contributed by atoms with E-state index >= 15 is 0 Å². The molecule has 2 aromatic carbocycles. The molecule has 4 rings (SSSR count). The highest BCUT2D eigenvalue weighted by molar-refractivity contribution is 6.04. The van der Waals surface area contributed by atoms with Crippen molar-refractivity contribution in [3.8, 4) is 12.8 Å². The summed E-state index contributed by atoms with van der Waals surface area (Å²) in [6, 6.07) is 15.1. The van der Waals surface area contributed by atoms with Gasteiger partial charge in [-0.15, -0.1) is 12.8 Å². The van der Waals surface area contributed by atoms with Crippen molar-refractivity contribution >= 4 is 17.1 Å². The maximum atomic E-state index is 6.23. The number of nitrogens with two attached hydrogens (primary N) is 2. The summed E-state index contributed by atoms with van der Waals surface area (Å²) in [5.74, 6) is 0.652. The Balaban J connectivity index is 0.000000963. The summed E-state index contributed by atoms with van der Waals surface area (Å²) in [5, 5.41) is 3.28. The number of nitrogens with one attached hydrogen (secondary N) is 1. The minimum atomic E-state index is 0.652. The van der Waals surface area contributed by atoms with Gasteiger partial charge in [0.2, 0.25) is 0 Å². The van der Waals surface area contributed by atoms with Gasteiger partial charge in [-0.05, 0) is 62.4 Å². The summed E-state index contributed by atoms with van der Waals surface area (Å²) in [6.45, 7) is 28.9. The van der Waals surface area contributed by atoms with Gasteiger partial charge in [-0.1, -0.05) is 84.5 Å². The van der Waals surface area contributed by atoms with E-state index in [1.54, 1.807) is 0 Å². The van der Waals surface area contributed by atoms with Crippen LogP contribution in [0, 0.1) is 26.7 Å². The van der Waals surface area contributed by atoms with E-state index in [0.717, 1.165) is 78.6 Å². The van der Waals surface area contributed by atoms with Crippen LogP contribution in [-0.4, -0.2) is 43.3 Å². The number of benzene rings is 2. The molecular formula is C38H60N6. The number of rotatable bonds is 7. The Bertz CT molecular complexity index is 1190. The number of anilines is 1. The number of piperazine rings is 1. The molecule has 0 saturated carbocycles. The van der Waals surface area contributed by atoms with Crippen molar-refractivity contribution in [2.75, 3.05) is 37.6 Å². The van der Waals surface area contributed by atoms with Crippen LogP contribution in [0.1, 0.15) is 77.5 Å². The second kappa shape index (κ2) is 22.4. The Labute approximate surface area is 270 Å². The van der Waals surface area contributed by atoms with Crippen LogP contribution in [0.25, 0.3) is 0 Å². The third kappa shape index (κ3) is 12.6. The maximum absolute atomic E-state index is 6.23. The largest absolute Gasteiger partial charge is 0.401 e. The molecule has 0 aromatic heterocycles. The smallest absolute Gasteiger partial charge is 0.0913 e. The standard InChI is InChI=1S/C22H32N6.C10H14.2C2H6.C2H2/c1-14-12-19(28-10-8-27(9-11-28)18(5)23)13-15(2)22(14)26-17(4)21-16(3)25-7-6-20(21)24;1-2-3-7-10-8-5-4-6-9-10;3*1-2/h12-13,25H,3,5-11,23-24H2,1-2,4H3;4-6,8-9H,2-3,7H2,1H3;2*1-2H3;1-2H. The van der Waals surface area contributed by atoms with Crippen molar-refractivity contribution in [1.29, 1.82) is 0 Å². The van der Waals surface area contributed by atoms with E-state index in [-0.39, 0.29) is 0 Å². The van der Waals surface area contributed by atoms with Gasteiger partial charge in [-0.2, -0.15) is 0 Å². The lowest BCUT2D eigenvalue weighted by molar-refractivity contribution is 0.319. The molecule has 0 aliphatic carbocycles. The molecule has 0 bridgehead atoms. The van der Waals surface area contributed by atoms with E-state index in [9.17, 15) is 0 Å². The molecule has 5 N–H and O–H groups in total. The first-order chi connectivity index (χ1) is 21.2. The monoisotopic (exact) mass is 600 g/mol. The molecule has 0 spiro atoms. The number of terminal acetylenes is 1. The minimum Gasteiger partial charge on any atom is -0.401 e. The summed E-state index contributed by atoms with van der Waals surface area (Å²) in [6.07, 6.45) is 12.6. The average molecular weight is 601 g/mol. The van der Waals surface area contributed by atoms with Crippen LogP contribution in [0.15, 0.2) is 83.4 Å². The van der Waals surface area contributed by atoms with Gasteiger partial charge in [-0.3, -0.25) is 4.99 Å². The molecule has 2 aliphatic rings. The van der Waals surface area contributed by atoms with Gasteiger partial charge >= 0.3 is 0 Å². The fraction of sp³-hybridized carbons (Fsp3) is 0.447. The van der Waals surface area contributed by atoms with Gasteiger partial charge < -0.3 is 26.6 Å². The quantitative estimate of drug-likeness (QED) is 0.222. The maximum Gasteiger partial charge on any atom is 0.0913 e. The lowest BCUT2D eigenvalue weighted by atomic mass is 10.0. The number of aliphatic imine (C=N–C) groups is 1. The molecule has 1 fully saturated rings. The van der Waals surface area contributed by atoms with Crippen LogP contribution < -0.4 is 21.7 Å². The first-order valence-corrected chi connectivity index (χ1v) is 16.1. The molecule has 44 heavy (non-hydrogen) atoms. The van der Waals surface area contributed by atoms with Crippen molar-refractivity contribution in [3.05, 3.63) is 95.1 Å². The van der Waals surface area contributed by atoms with Gasteiger partial charge in [0.15, 0.2) is 0 Å². The van der Waals surface area contributed by atoms with E-state index in [1.165, 1.54) is 30.5 Å². The molecule has 242 valence electrons. The van der Waals surface area contributed by atoms with Gasteiger partial charge in [0, 0.05) is 67.5 Å². The number of aryl methyl sites for hydroxylation is 3. The van der Waals surface area contributed by atoms with Crippen molar-refractivity contribution in [1.82, 2.24) is 10.2 Å². The van der Waals surface area contributed by atoms with Crippen molar-refractivity contribution in [2.45, 2.75) is 81.1 Å². The number of hydrogen-bond donors (Lipinski definition) is 3. The van der Waals surface area contributed by atoms with Gasteiger partial charge in [0.05, 0.1) is 11.5 Å². The topological polar surface area (TPSA) is 82.9 Å². The summed E-state index contributed by atoms with van der Waals surface area (Å²) >= 11 is 0. The predicted octanol–water partition coefficient (Wildman–Crippen LogP) is 8.00. The van der Waals surface area contributed by atoms with Crippen LogP contribution in [0.4, 0.5) is 11.4 Å². The SMILES string of the molecule is C#C.C=C1NCCC(N)=C1C(C)=Nc1c(C)cc(N2CCN(C(=C)N)CC2)cc1C.CC.CC.CCCCc1ccccc1. The molecule has 0 amide bonds. The highest BCUT2D eigenvalue weighted by atomic mass is 15.3. The number of nitrogens with zero attached hydrogens (tertiary/aromatic N) is 3. The summed E-state index contributed by atoms with van der Waals surface area (Å²) in [4.78, 5) is 9.45. The van der Waals surface area contributed by atoms with Crippen LogP contribution in [0.3, 0.4) is 0 Å². The van der Waals surface area contributed by atoms with Crippen molar-refractivity contribution < 1.29 is 0 Å². The van der Waals surface area contributed by atoms with E-state index in [4.69, 9.17) is 16.5 Å². The van der Waals surface area contributed by atoms with E-state index in [0.29, 0.717) is 5.82 Å². The summed E-state index contributed by atoms with van der Waals surface area (Å²) < 4.78 is 0. The highest BCUT2D eigenvalue weighted by Gasteiger charge is 2.20. The second-order valence-corrected chi connectivity index (χ2v) is 10.2. The van der Waals surface area contributed by atoms with Gasteiger partial charge in [-0.25, -0.2) is 0 Å². The average Bonchev–Trinajstić information content (AvgIpc) is 3.05. The summed E-state index contributed by atoms with van der Waals surface area (Å²) in [7, 11) is 0. The third-order valence-corrected chi connectivity index (χ3v) is 7.19. The zero-order valence-electron chi connectivity index (χ0n) is 29.0. The first kappa shape index (κ1) is 39.9. The van der Waals surface area contributed by atoms with E-state index in [1.807, 2.05) is 34.6 Å². The normalized spacial score (nSPS) is 14.2. The zero-order chi connectivity index (χ0) is 33.7. The Kier molecular flexibility index (Phi) is 20.3. The van der Waals surface area contributed by atoms with E-state index in [2.05, 4.69) is 104 Å². The Hall–Kier alpha value is -4.11. The predicted molar refractivity (Wildman–Crippen MR) is 196 cm³/mol. The molecule has 0 atom stereocenters. The molecule has 2 aromatic rings. The van der Waals surface area contributed by atoms with E-state index < -0.39 is 0 Å². The van der Waals surface area contributed by atoms with Gasteiger partial charge in [0.1, 0.15) is 0 Å². The lowest BCUT2D eigenvalue weighted by Crippen LogP contribution is -2.47. The fourth-order valence-corrected chi connectivity index (χ4v) is 5.00. The zero-order valence-corrected chi connectivity index (χ0v) is 29.0. The Morgan fingerprint density at radius 2 is 1.52 bits per heavy atom. The second-order valence-electron chi connectivity index (χ2n) is 10.2. The molecular weight excluding hydrogens is 540 g/mol. The molecule has 6 heteroatoms. The van der Waals surface area contributed by atoms with Crippen molar-refractivity contribution in [3.63, 3.8) is 0 Å². The number of hydrogen-bond acceptors (Lipinski definition) is 6. The van der Waals surface area contributed by atoms with Crippen molar-refractivity contribution in [2.24, 2.45) is 16.5 Å². The molecule has 0 radical (unpaired) electrons. The molecule has 6 nitrogen and oxygen atoms in total. The van der Waals surface area contributed by atoms with Gasteiger partial charge in [0.25, 0.3) is 0 Å². The van der Waals surface area contributed by atoms with Crippen LogP contribution in [0.2, 0.25) is 0 Å². The Morgan fingerprint density at radius 3 is 2.00 bits per heavy atom. The fourth-order valence-electron chi connectivity index (χ4n) is 5.00. The molecule has 1 saturated heterocycles. The minimum absolute atomic E-state index is 0.652. The molecule has 0 unspecified atom stereocenters. The third-order valence-electron chi connectivity index (χ3n) is 7.19. The highest BCUT2D eigenvalue weighted by Crippen LogP contribution is 2.31. The number of allylic oxidation sites excluding steroid dienone is 1. The summed E-state index contributed by atoms with van der Waals surface area (Å²) in [5.41, 5.74) is 21.6. The van der Waals surface area contributed by atoms with Crippen LogP contribution in [-0.2, 0) is 6.42 Å². The Morgan fingerprint density at radius 1 is 0.977 bits per heavy atom. The molecule has 2 aliphatic heterocycles. The first-order valence-electron chi connectivity index (χ1n) is 16.1. The lowest BCUT2D eigenvalue weighted by Gasteiger charge is -2.37. The van der Waals surface area contributed by atoms with Crippen LogP contribution in [0.5, 0.6) is 0 Å². The number of unbranched alkanes of at least 4 members (excludes halogenated alkanes) is 1. The molecule has 2 heterocycles. The van der Waals surface area contributed by atoms with Crippen LogP contribution >= 0.6 is 0 Å².